The highest BCUT2D eigenvalue weighted by Gasteiger charge is 2.22. The molecule has 0 saturated heterocycles. The summed E-state index contributed by atoms with van der Waals surface area (Å²) in [5.41, 5.74) is 5.94. The zero-order valence-corrected chi connectivity index (χ0v) is 13.1. The van der Waals surface area contributed by atoms with E-state index in [0.717, 1.165) is 4.31 Å². The van der Waals surface area contributed by atoms with Gasteiger partial charge in [0.1, 0.15) is 0 Å². The number of sulfonamides is 1. The topological polar surface area (TPSA) is 83.6 Å². The van der Waals surface area contributed by atoms with Crippen molar-refractivity contribution in [3.05, 3.63) is 28.8 Å². The Balaban J connectivity index is 0.00000324. The molecule has 3 N–H and O–H groups in total. The van der Waals surface area contributed by atoms with Crippen LogP contribution in [-0.4, -0.2) is 44.1 Å². The summed E-state index contributed by atoms with van der Waals surface area (Å²) in [4.78, 5) is 0.149. The third-order valence-corrected chi connectivity index (χ3v) is 4.82. The molecular weight excluding hydrogens is 311 g/mol. The maximum atomic E-state index is 12.2. The third-order valence-electron chi connectivity index (χ3n) is 2.58. The summed E-state index contributed by atoms with van der Waals surface area (Å²) in [7, 11) is -2.22. The number of aliphatic hydroxyl groups is 1. The Labute approximate surface area is 124 Å². The van der Waals surface area contributed by atoms with Crippen LogP contribution in [0, 0.1) is 6.92 Å². The van der Waals surface area contributed by atoms with E-state index in [4.69, 9.17) is 17.3 Å². The molecule has 0 fully saturated rings. The van der Waals surface area contributed by atoms with E-state index in [2.05, 4.69) is 0 Å². The van der Waals surface area contributed by atoms with Crippen LogP contribution in [0.25, 0.3) is 0 Å². The third kappa shape index (κ3) is 4.59. The lowest BCUT2D eigenvalue weighted by atomic mass is 10.2. The highest BCUT2D eigenvalue weighted by Crippen LogP contribution is 2.21. The minimum absolute atomic E-state index is 0. The monoisotopic (exact) mass is 328 g/mol. The fraction of sp³-hybridized carbons (Fsp3) is 0.455. The van der Waals surface area contributed by atoms with E-state index in [9.17, 15) is 13.5 Å². The standard InChI is InChI=1S/C11H17ClN2O3S.ClH/c1-8-5-10(3-4-11(8)12)18(16,17)14(2)7-9(15)6-13;/h3-5,9,15H,6-7,13H2,1-2H3;1H. The highest BCUT2D eigenvalue weighted by molar-refractivity contribution is 7.89. The van der Waals surface area contributed by atoms with Crippen molar-refractivity contribution < 1.29 is 13.5 Å². The molecular formula is C11H18Cl2N2O3S. The van der Waals surface area contributed by atoms with E-state index in [1.54, 1.807) is 6.92 Å². The van der Waals surface area contributed by atoms with Gasteiger partial charge in [0, 0.05) is 25.2 Å². The lowest BCUT2D eigenvalue weighted by Crippen LogP contribution is -2.37. The first kappa shape index (κ1) is 18.6. The zero-order valence-electron chi connectivity index (χ0n) is 10.7. The Morgan fingerprint density at radius 2 is 2.05 bits per heavy atom. The Morgan fingerprint density at radius 1 is 1.47 bits per heavy atom. The van der Waals surface area contributed by atoms with Crippen LogP contribution in [0.5, 0.6) is 0 Å². The fourth-order valence-electron chi connectivity index (χ4n) is 1.43. The van der Waals surface area contributed by atoms with Crippen molar-refractivity contribution in [3.63, 3.8) is 0 Å². The molecule has 1 unspecified atom stereocenters. The minimum Gasteiger partial charge on any atom is -0.390 e. The minimum atomic E-state index is -3.62. The number of hydrogen-bond donors (Lipinski definition) is 2. The Hall–Kier alpha value is -0.370. The van der Waals surface area contributed by atoms with Gasteiger partial charge in [-0.25, -0.2) is 8.42 Å². The number of benzene rings is 1. The number of halogens is 2. The van der Waals surface area contributed by atoms with Crippen molar-refractivity contribution >= 4 is 34.0 Å². The molecule has 1 rings (SSSR count). The van der Waals surface area contributed by atoms with Crippen LogP contribution in [0.15, 0.2) is 23.1 Å². The number of nitrogens with two attached hydrogens (primary N) is 1. The average Bonchev–Trinajstić information content (AvgIpc) is 2.32. The van der Waals surface area contributed by atoms with Gasteiger partial charge < -0.3 is 10.8 Å². The molecule has 0 heterocycles. The molecule has 1 aromatic rings. The van der Waals surface area contributed by atoms with Crippen molar-refractivity contribution in [3.8, 4) is 0 Å². The van der Waals surface area contributed by atoms with E-state index in [1.807, 2.05) is 0 Å². The van der Waals surface area contributed by atoms with Crippen LogP contribution < -0.4 is 5.73 Å². The zero-order chi connectivity index (χ0) is 13.9. The van der Waals surface area contributed by atoms with Gasteiger partial charge in [0.05, 0.1) is 11.0 Å². The molecule has 8 heteroatoms. The maximum Gasteiger partial charge on any atom is 0.242 e. The van der Waals surface area contributed by atoms with E-state index in [1.165, 1.54) is 25.2 Å². The molecule has 5 nitrogen and oxygen atoms in total. The van der Waals surface area contributed by atoms with Crippen LogP contribution in [-0.2, 0) is 10.0 Å². The van der Waals surface area contributed by atoms with Crippen LogP contribution in [0.4, 0.5) is 0 Å². The molecule has 1 atom stereocenters. The van der Waals surface area contributed by atoms with Gasteiger partial charge in [-0.05, 0) is 30.7 Å². The number of aliphatic hydroxyl groups excluding tert-OH is 1. The molecule has 0 aliphatic rings. The van der Waals surface area contributed by atoms with Crippen LogP contribution >= 0.6 is 24.0 Å². The highest BCUT2D eigenvalue weighted by atomic mass is 35.5. The largest absolute Gasteiger partial charge is 0.390 e. The van der Waals surface area contributed by atoms with Crippen LogP contribution in [0.1, 0.15) is 5.56 Å². The summed E-state index contributed by atoms with van der Waals surface area (Å²) in [5, 5.41) is 9.90. The summed E-state index contributed by atoms with van der Waals surface area (Å²) in [6, 6.07) is 4.48. The number of hydrogen-bond acceptors (Lipinski definition) is 4. The van der Waals surface area contributed by atoms with Gasteiger partial charge in [0.25, 0.3) is 0 Å². The lowest BCUT2D eigenvalue weighted by Gasteiger charge is -2.20. The second kappa shape index (κ2) is 7.42. The van der Waals surface area contributed by atoms with Crippen molar-refractivity contribution in [2.24, 2.45) is 5.73 Å². The molecule has 110 valence electrons. The summed E-state index contributed by atoms with van der Waals surface area (Å²) in [6.07, 6.45) is -0.877. The molecule has 19 heavy (non-hydrogen) atoms. The first-order valence-corrected chi connectivity index (χ1v) is 7.21. The normalized spacial score (nSPS) is 13.2. The molecule has 1 aromatic carbocycles. The number of aryl methyl sites for hydroxylation is 1. The van der Waals surface area contributed by atoms with Gasteiger partial charge in [-0.3, -0.25) is 0 Å². The lowest BCUT2D eigenvalue weighted by molar-refractivity contribution is 0.160. The smallest absolute Gasteiger partial charge is 0.242 e. The van der Waals surface area contributed by atoms with E-state index in [-0.39, 0.29) is 30.4 Å². The average molecular weight is 329 g/mol. The molecule has 0 saturated carbocycles. The first-order valence-electron chi connectivity index (χ1n) is 5.39. The Bertz CT molecular complexity index is 523. The number of nitrogens with zero attached hydrogens (tertiary/aromatic N) is 1. The Kier molecular flexibility index (Phi) is 7.28. The van der Waals surface area contributed by atoms with Crippen LogP contribution in [0.3, 0.4) is 0 Å². The molecule has 0 spiro atoms. The van der Waals surface area contributed by atoms with Gasteiger partial charge in [0.15, 0.2) is 0 Å². The number of rotatable bonds is 5. The van der Waals surface area contributed by atoms with Gasteiger partial charge in [-0.2, -0.15) is 4.31 Å². The van der Waals surface area contributed by atoms with Crippen LogP contribution in [0.2, 0.25) is 5.02 Å². The van der Waals surface area contributed by atoms with Gasteiger partial charge in [-0.1, -0.05) is 11.6 Å². The van der Waals surface area contributed by atoms with E-state index < -0.39 is 16.1 Å². The molecule has 0 aromatic heterocycles. The summed E-state index contributed by atoms with van der Waals surface area (Å²) < 4.78 is 25.4. The fourth-order valence-corrected chi connectivity index (χ4v) is 2.84. The maximum absolute atomic E-state index is 12.2. The van der Waals surface area contributed by atoms with Crippen molar-refractivity contribution in [2.75, 3.05) is 20.1 Å². The summed E-state index contributed by atoms with van der Waals surface area (Å²) in [5.74, 6) is 0. The molecule has 0 aliphatic carbocycles. The first-order chi connectivity index (χ1) is 8.28. The summed E-state index contributed by atoms with van der Waals surface area (Å²) in [6.45, 7) is 1.70. The second-order valence-electron chi connectivity index (χ2n) is 4.09. The van der Waals surface area contributed by atoms with Crippen molar-refractivity contribution in [1.82, 2.24) is 4.31 Å². The van der Waals surface area contributed by atoms with E-state index >= 15 is 0 Å². The number of likely N-dealkylation sites (N-methyl/N-ethyl adjacent to an activating group) is 1. The second-order valence-corrected chi connectivity index (χ2v) is 6.54. The molecule has 0 aliphatic heterocycles. The molecule has 0 bridgehead atoms. The molecule has 0 radical (unpaired) electrons. The van der Waals surface area contributed by atoms with Gasteiger partial charge in [-0.15, -0.1) is 12.4 Å². The quantitative estimate of drug-likeness (QED) is 0.844. The predicted octanol–water partition coefficient (Wildman–Crippen LogP) is 1.01. The van der Waals surface area contributed by atoms with Gasteiger partial charge in [0.2, 0.25) is 10.0 Å². The Morgan fingerprint density at radius 3 is 2.53 bits per heavy atom. The van der Waals surface area contributed by atoms with Crippen molar-refractivity contribution in [1.29, 1.82) is 0 Å². The SMILES string of the molecule is Cc1cc(S(=O)(=O)N(C)CC(O)CN)ccc1Cl.Cl. The predicted molar refractivity (Wildman–Crippen MR) is 78.3 cm³/mol. The van der Waals surface area contributed by atoms with Gasteiger partial charge >= 0.3 is 0 Å². The van der Waals surface area contributed by atoms with Crippen molar-refractivity contribution in [2.45, 2.75) is 17.9 Å². The summed E-state index contributed by atoms with van der Waals surface area (Å²) >= 11 is 5.85. The molecule has 0 amide bonds. The van der Waals surface area contributed by atoms with E-state index in [0.29, 0.717) is 10.6 Å².